The first-order valence-electron chi connectivity index (χ1n) is 7.98. The number of hydrogen-bond donors (Lipinski definition) is 1. The highest BCUT2D eigenvalue weighted by atomic mass is 35.5. The summed E-state index contributed by atoms with van der Waals surface area (Å²) in [5.41, 5.74) is 5.65. The van der Waals surface area contributed by atoms with Gasteiger partial charge in [-0.1, -0.05) is 56.6 Å². The summed E-state index contributed by atoms with van der Waals surface area (Å²) >= 11 is 6.16. The van der Waals surface area contributed by atoms with Crippen LogP contribution in [0.2, 0.25) is 5.02 Å². The van der Waals surface area contributed by atoms with Crippen molar-refractivity contribution in [2.24, 2.45) is 0 Å². The molecule has 2 aromatic carbocycles. The predicted octanol–water partition coefficient (Wildman–Crippen LogP) is 5.52. The summed E-state index contributed by atoms with van der Waals surface area (Å²) in [6.45, 7) is 6.94. The van der Waals surface area contributed by atoms with Crippen LogP contribution < -0.4 is 0 Å². The van der Waals surface area contributed by atoms with Crippen LogP contribution in [0.3, 0.4) is 0 Å². The van der Waals surface area contributed by atoms with Crippen LogP contribution in [0.25, 0.3) is 0 Å². The van der Waals surface area contributed by atoms with E-state index in [1.165, 1.54) is 22.3 Å². The maximum Gasteiger partial charge on any atom is 0.134 e. The molecule has 0 aromatic heterocycles. The van der Waals surface area contributed by atoms with Gasteiger partial charge in [0.25, 0.3) is 0 Å². The molecule has 4 rings (SSSR count). The molecule has 0 heterocycles. The fourth-order valence-electron chi connectivity index (χ4n) is 5.00. The average Bonchev–Trinajstić information content (AvgIpc) is 2.85. The number of phenols is 1. The summed E-state index contributed by atoms with van der Waals surface area (Å²) < 4.78 is 0. The normalized spacial score (nSPS) is 27.9. The molecule has 0 fully saturated rings. The molecule has 2 unspecified atom stereocenters. The van der Waals surface area contributed by atoms with Crippen molar-refractivity contribution in [3.05, 3.63) is 63.7 Å². The molecule has 1 N–H and O–H groups in total. The van der Waals surface area contributed by atoms with Gasteiger partial charge in [0.15, 0.2) is 0 Å². The fraction of sp³-hybridized carbons (Fsp3) is 0.400. The van der Waals surface area contributed by atoms with Crippen molar-refractivity contribution in [3.8, 4) is 5.75 Å². The Balaban J connectivity index is 2.02. The monoisotopic (exact) mass is 312 g/mol. The Bertz CT molecular complexity index is 777. The smallest absolute Gasteiger partial charge is 0.134 e. The first-order chi connectivity index (χ1) is 10.3. The third-order valence-corrected chi connectivity index (χ3v) is 6.04. The molecular weight excluding hydrogens is 292 g/mol. The highest BCUT2D eigenvalue weighted by Crippen LogP contribution is 2.61. The first-order valence-corrected chi connectivity index (χ1v) is 8.36. The number of benzene rings is 2. The summed E-state index contributed by atoms with van der Waals surface area (Å²) in [5.74, 6) is 0.672. The van der Waals surface area contributed by atoms with Gasteiger partial charge in [-0.2, -0.15) is 0 Å². The lowest BCUT2D eigenvalue weighted by Gasteiger charge is -2.29. The molecule has 22 heavy (non-hydrogen) atoms. The van der Waals surface area contributed by atoms with Gasteiger partial charge < -0.3 is 5.11 Å². The second-order valence-corrected chi connectivity index (χ2v) is 8.09. The zero-order valence-corrected chi connectivity index (χ0v) is 14.0. The topological polar surface area (TPSA) is 20.2 Å². The van der Waals surface area contributed by atoms with Gasteiger partial charge in [0.05, 0.1) is 5.02 Å². The molecule has 2 atom stereocenters. The molecule has 1 nitrogen and oxygen atoms in total. The molecule has 0 saturated carbocycles. The number of rotatable bonds is 0. The SMILES string of the molecule is CC1CC2(CC(C)(C)c3ccccc32)c2cc(O)c(Cl)cc21. The van der Waals surface area contributed by atoms with Gasteiger partial charge in [0.2, 0.25) is 0 Å². The van der Waals surface area contributed by atoms with Crippen molar-refractivity contribution >= 4 is 11.6 Å². The number of hydrogen-bond acceptors (Lipinski definition) is 1. The van der Waals surface area contributed by atoms with E-state index in [4.69, 9.17) is 11.6 Å². The zero-order chi connectivity index (χ0) is 15.7. The van der Waals surface area contributed by atoms with Gasteiger partial charge in [-0.25, -0.2) is 0 Å². The standard InChI is InChI=1S/C20H21ClO/c1-12-10-20(16-9-18(22)17(21)8-13(12)16)11-19(2,3)14-6-4-5-7-15(14)20/h4-9,12,22H,10-11H2,1-3H3. The van der Waals surface area contributed by atoms with Crippen LogP contribution in [0.1, 0.15) is 61.8 Å². The molecule has 2 heteroatoms. The Labute approximate surface area is 136 Å². The minimum absolute atomic E-state index is 0.0247. The Morgan fingerprint density at radius 2 is 1.77 bits per heavy atom. The van der Waals surface area contributed by atoms with Gasteiger partial charge in [-0.05, 0) is 58.6 Å². The van der Waals surface area contributed by atoms with E-state index in [1.54, 1.807) is 0 Å². The molecule has 2 aromatic rings. The average molecular weight is 313 g/mol. The highest BCUT2D eigenvalue weighted by molar-refractivity contribution is 6.32. The molecule has 0 amide bonds. The lowest BCUT2D eigenvalue weighted by Crippen LogP contribution is -2.24. The summed E-state index contributed by atoms with van der Waals surface area (Å²) in [6, 6.07) is 12.7. The van der Waals surface area contributed by atoms with E-state index in [0.717, 1.165) is 12.8 Å². The molecule has 2 aliphatic rings. The Morgan fingerprint density at radius 3 is 2.50 bits per heavy atom. The molecule has 1 spiro atoms. The summed E-state index contributed by atoms with van der Waals surface area (Å²) in [6.07, 6.45) is 2.19. The second-order valence-electron chi connectivity index (χ2n) is 7.68. The molecule has 2 aliphatic carbocycles. The minimum atomic E-state index is 0.0247. The first kappa shape index (κ1) is 14.1. The van der Waals surface area contributed by atoms with Gasteiger partial charge in [-0.15, -0.1) is 0 Å². The van der Waals surface area contributed by atoms with Gasteiger partial charge in [0, 0.05) is 5.41 Å². The van der Waals surface area contributed by atoms with Crippen LogP contribution in [0.5, 0.6) is 5.75 Å². The highest BCUT2D eigenvalue weighted by Gasteiger charge is 2.53. The van der Waals surface area contributed by atoms with E-state index in [-0.39, 0.29) is 16.6 Å². The third kappa shape index (κ3) is 1.66. The number of fused-ring (bicyclic) bond motifs is 4. The molecule has 114 valence electrons. The van der Waals surface area contributed by atoms with E-state index in [9.17, 15) is 5.11 Å². The Morgan fingerprint density at radius 1 is 1.09 bits per heavy atom. The largest absolute Gasteiger partial charge is 0.506 e. The second kappa shape index (κ2) is 4.29. The van der Waals surface area contributed by atoms with Gasteiger partial charge in [-0.3, -0.25) is 0 Å². The number of aromatic hydroxyl groups is 1. The van der Waals surface area contributed by atoms with Crippen LogP contribution in [-0.4, -0.2) is 5.11 Å². The van der Waals surface area contributed by atoms with Crippen LogP contribution in [0, 0.1) is 0 Å². The van der Waals surface area contributed by atoms with Crippen molar-refractivity contribution in [1.82, 2.24) is 0 Å². The summed E-state index contributed by atoms with van der Waals surface area (Å²) in [4.78, 5) is 0. The van der Waals surface area contributed by atoms with Gasteiger partial charge in [0.1, 0.15) is 5.75 Å². The Kier molecular flexibility index (Phi) is 2.76. The predicted molar refractivity (Wildman–Crippen MR) is 91.0 cm³/mol. The molecule has 0 aliphatic heterocycles. The van der Waals surface area contributed by atoms with Crippen LogP contribution >= 0.6 is 11.6 Å². The maximum absolute atomic E-state index is 10.2. The van der Waals surface area contributed by atoms with Crippen molar-refractivity contribution in [3.63, 3.8) is 0 Å². The molecule has 0 saturated heterocycles. The minimum Gasteiger partial charge on any atom is -0.506 e. The van der Waals surface area contributed by atoms with Crippen molar-refractivity contribution in [2.45, 2.75) is 50.4 Å². The lowest BCUT2D eigenvalue weighted by atomic mass is 9.74. The fourth-order valence-corrected chi connectivity index (χ4v) is 5.17. The molecule has 0 bridgehead atoms. The van der Waals surface area contributed by atoms with Crippen molar-refractivity contribution in [2.75, 3.05) is 0 Å². The molecule has 0 radical (unpaired) electrons. The number of phenolic OH excluding ortho intramolecular Hbond substituents is 1. The van der Waals surface area contributed by atoms with E-state index in [0.29, 0.717) is 10.9 Å². The van der Waals surface area contributed by atoms with Crippen LogP contribution in [-0.2, 0) is 10.8 Å². The quantitative estimate of drug-likeness (QED) is 0.679. The van der Waals surface area contributed by atoms with Crippen molar-refractivity contribution < 1.29 is 5.11 Å². The van der Waals surface area contributed by atoms with Crippen molar-refractivity contribution in [1.29, 1.82) is 0 Å². The zero-order valence-electron chi connectivity index (χ0n) is 13.3. The van der Waals surface area contributed by atoms with Crippen LogP contribution in [0.15, 0.2) is 36.4 Å². The van der Waals surface area contributed by atoms with E-state index >= 15 is 0 Å². The lowest BCUT2D eigenvalue weighted by molar-refractivity contribution is 0.386. The molecular formula is C20H21ClO. The number of halogens is 1. The Hall–Kier alpha value is -1.47. The van der Waals surface area contributed by atoms with Gasteiger partial charge >= 0.3 is 0 Å². The van der Waals surface area contributed by atoms with E-state index in [2.05, 4.69) is 45.0 Å². The van der Waals surface area contributed by atoms with Crippen LogP contribution in [0.4, 0.5) is 0 Å². The van der Waals surface area contributed by atoms with E-state index < -0.39 is 0 Å². The summed E-state index contributed by atoms with van der Waals surface area (Å²) in [5, 5.41) is 10.6. The summed E-state index contributed by atoms with van der Waals surface area (Å²) in [7, 11) is 0. The van der Waals surface area contributed by atoms with E-state index in [1.807, 2.05) is 12.1 Å². The third-order valence-electron chi connectivity index (χ3n) is 5.74. The maximum atomic E-state index is 10.2.